The molecule has 70 valence electrons. The summed E-state index contributed by atoms with van der Waals surface area (Å²) in [7, 11) is 0. The average Bonchev–Trinajstić information content (AvgIpc) is 2.20. The molecule has 1 saturated heterocycles. The topological polar surface area (TPSA) is 16.1 Å². The summed E-state index contributed by atoms with van der Waals surface area (Å²) in [4.78, 5) is 6.79. The van der Waals surface area contributed by atoms with Gasteiger partial charge in [0.1, 0.15) is 5.82 Å². The first kappa shape index (κ1) is 9.24. The van der Waals surface area contributed by atoms with Gasteiger partial charge in [-0.05, 0) is 54.0 Å². The van der Waals surface area contributed by atoms with E-state index in [4.69, 9.17) is 0 Å². The first-order valence-electron chi connectivity index (χ1n) is 4.73. The summed E-state index contributed by atoms with van der Waals surface area (Å²) >= 11 is 2.29. The molecule has 0 radical (unpaired) electrons. The Kier molecular flexibility index (Phi) is 3.03. The van der Waals surface area contributed by atoms with Gasteiger partial charge in [0.25, 0.3) is 0 Å². The molecule has 1 aliphatic rings. The summed E-state index contributed by atoms with van der Waals surface area (Å²) in [5.41, 5.74) is 0. The van der Waals surface area contributed by atoms with Crippen molar-refractivity contribution in [1.29, 1.82) is 0 Å². The Labute approximate surface area is 92.5 Å². The highest BCUT2D eigenvalue weighted by atomic mass is 127. The maximum Gasteiger partial charge on any atom is 0.128 e. The number of anilines is 1. The highest BCUT2D eigenvalue weighted by molar-refractivity contribution is 14.1. The fourth-order valence-electron chi connectivity index (χ4n) is 1.68. The molecule has 0 atom stereocenters. The maximum absolute atomic E-state index is 4.42. The molecule has 1 fully saturated rings. The molecule has 2 rings (SSSR count). The van der Waals surface area contributed by atoms with Crippen molar-refractivity contribution in [3.8, 4) is 0 Å². The van der Waals surface area contributed by atoms with Crippen LogP contribution in [0.4, 0.5) is 5.82 Å². The van der Waals surface area contributed by atoms with Crippen molar-refractivity contribution in [3.63, 3.8) is 0 Å². The molecule has 0 N–H and O–H groups in total. The van der Waals surface area contributed by atoms with E-state index in [0.29, 0.717) is 0 Å². The van der Waals surface area contributed by atoms with Gasteiger partial charge >= 0.3 is 0 Å². The van der Waals surface area contributed by atoms with Crippen molar-refractivity contribution in [3.05, 3.63) is 21.9 Å². The van der Waals surface area contributed by atoms with Gasteiger partial charge in [0.05, 0.1) is 0 Å². The van der Waals surface area contributed by atoms with Gasteiger partial charge in [-0.1, -0.05) is 0 Å². The van der Waals surface area contributed by atoms with Crippen LogP contribution < -0.4 is 4.90 Å². The van der Waals surface area contributed by atoms with Crippen molar-refractivity contribution in [2.75, 3.05) is 18.0 Å². The molecule has 1 aliphatic heterocycles. The van der Waals surface area contributed by atoms with E-state index in [1.165, 1.54) is 35.9 Å². The van der Waals surface area contributed by atoms with Gasteiger partial charge in [-0.3, -0.25) is 0 Å². The third-order valence-electron chi connectivity index (χ3n) is 2.39. The third kappa shape index (κ3) is 2.33. The highest BCUT2D eigenvalue weighted by Crippen LogP contribution is 2.17. The molecule has 1 aromatic heterocycles. The molecule has 0 amide bonds. The predicted molar refractivity (Wildman–Crippen MR) is 63.0 cm³/mol. The molecule has 0 bridgehead atoms. The van der Waals surface area contributed by atoms with Gasteiger partial charge in [-0.25, -0.2) is 4.98 Å². The number of piperidine rings is 1. The fourth-order valence-corrected chi connectivity index (χ4v) is 2.00. The van der Waals surface area contributed by atoms with E-state index in [9.17, 15) is 0 Å². The normalized spacial score (nSPS) is 17.5. The standard InChI is InChI=1S/C10H13IN2/c11-9-4-5-10(12-8-9)13-6-2-1-3-7-13/h4-5,8H,1-3,6-7H2. The summed E-state index contributed by atoms with van der Waals surface area (Å²) in [6.07, 6.45) is 5.94. The van der Waals surface area contributed by atoms with E-state index < -0.39 is 0 Å². The second-order valence-corrected chi connectivity index (χ2v) is 4.63. The van der Waals surface area contributed by atoms with Gasteiger partial charge in [-0.15, -0.1) is 0 Å². The Morgan fingerprint density at radius 3 is 2.54 bits per heavy atom. The molecule has 0 spiro atoms. The summed E-state index contributed by atoms with van der Waals surface area (Å²) in [5.74, 6) is 1.14. The second kappa shape index (κ2) is 4.26. The molecule has 2 nitrogen and oxygen atoms in total. The van der Waals surface area contributed by atoms with Crippen molar-refractivity contribution in [1.82, 2.24) is 4.98 Å². The minimum Gasteiger partial charge on any atom is -0.357 e. The monoisotopic (exact) mass is 288 g/mol. The second-order valence-electron chi connectivity index (χ2n) is 3.38. The Bertz CT molecular complexity index is 265. The van der Waals surface area contributed by atoms with Crippen molar-refractivity contribution in [2.45, 2.75) is 19.3 Å². The molecule has 13 heavy (non-hydrogen) atoms. The minimum absolute atomic E-state index is 1.14. The largest absolute Gasteiger partial charge is 0.357 e. The van der Waals surface area contributed by atoms with E-state index in [1.54, 1.807) is 0 Å². The van der Waals surface area contributed by atoms with E-state index in [1.807, 2.05) is 6.20 Å². The van der Waals surface area contributed by atoms with Gasteiger partial charge in [0.15, 0.2) is 0 Å². The van der Waals surface area contributed by atoms with Gasteiger partial charge in [0.2, 0.25) is 0 Å². The van der Waals surface area contributed by atoms with Crippen molar-refractivity contribution >= 4 is 28.4 Å². The van der Waals surface area contributed by atoms with Gasteiger partial charge in [-0.2, -0.15) is 0 Å². The lowest BCUT2D eigenvalue weighted by Crippen LogP contribution is -2.29. The Balaban J connectivity index is 2.10. The van der Waals surface area contributed by atoms with Crippen LogP contribution in [0.15, 0.2) is 18.3 Å². The van der Waals surface area contributed by atoms with Crippen LogP contribution >= 0.6 is 22.6 Å². The first-order valence-corrected chi connectivity index (χ1v) is 5.80. The average molecular weight is 288 g/mol. The zero-order valence-corrected chi connectivity index (χ0v) is 9.70. The lowest BCUT2D eigenvalue weighted by molar-refractivity contribution is 0.573. The van der Waals surface area contributed by atoms with Crippen molar-refractivity contribution < 1.29 is 0 Å². The van der Waals surface area contributed by atoms with Crippen LogP contribution in [0, 0.1) is 3.57 Å². The molecule has 0 aromatic carbocycles. The van der Waals surface area contributed by atoms with E-state index in [-0.39, 0.29) is 0 Å². The third-order valence-corrected chi connectivity index (χ3v) is 3.03. The summed E-state index contributed by atoms with van der Waals surface area (Å²) in [6.45, 7) is 2.35. The molecular formula is C10H13IN2. The number of rotatable bonds is 1. The molecule has 2 heterocycles. The van der Waals surface area contributed by atoms with Crippen LogP contribution in [-0.4, -0.2) is 18.1 Å². The summed E-state index contributed by atoms with van der Waals surface area (Å²) < 4.78 is 1.21. The lowest BCUT2D eigenvalue weighted by atomic mass is 10.1. The summed E-state index contributed by atoms with van der Waals surface area (Å²) in [5, 5.41) is 0. The number of hydrogen-bond donors (Lipinski definition) is 0. The zero-order valence-electron chi connectivity index (χ0n) is 7.54. The SMILES string of the molecule is Ic1ccc(N2CCCCC2)nc1. The molecule has 1 aromatic rings. The van der Waals surface area contributed by atoms with Crippen LogP contribution in [0.5, 0.6) is 0 Å². The smallest absolute Gasteiger partial charge is 0.128 e. The minimum atomic E-state index is 1.14. The Morgan fingerprint density at radius 1 is 1.15 bits per heavy atom. The Morgan fingerprint density at radius 2 is 1.92 bits per heavy atom. The highest BCUT2D eigenvalue weighted by Gasteiger charge is 2.10. The van der Waals surface area contributed by atoms with E-state index in [2.05, 4.69) is 44.6 Å². The van der Waals surface area contributed by atoms with Crippen LogP contribution in [0.3, 0.4) is 0 Å². The number of aromatic nitrogens is 1. The number of hydrogen-bond acceptors (Lipinski definition) is 2. The summed E-state index contributed by atoms with van der Waals surface area (Å²) in [6, 6.07) is 4.24. The number of halogens is 1. The van der Waals surface area contributed by atoms with E-state index >= 15 is 0 Å². The zero-order chi connectivity index (χ0) is 9.10. The number of pyridine rings is 1. The molecule has 0 unspecified atom stereocenters. The lowest BCUT2D eigenvalue weighted by Gasteiger charge is -2.27. The molecule has 0 aliphatic carbocycles. The van der Waals surface area contributed by atoms with E-state index in [0.717, 1.165) is 5.82 Å². The fraction of sp³-hybridized carbons (Fsp3) is 0.500. The Hall–Kier alpha value is -0.320. The predicted octanol–water partition coefficient (Wildman–Crippen LogP) is 2.68. The van der Waals surface area contributed by atoms with Crippen molar-refractivity contribution in [2.24, 2.45) is 0 Å². The van der Waals surface area contributed by atoms with Crippen LogP contribution in [-0.2, 0) is 0 Å². The first-order chi connectivity index (χ1) is 6.36. The van der Waals surface area contributed by atoms with Crippen LogP contribution in [0.2, 0.25) is 0 Å². The number of nitrogens with zero attached hydrogens (tertiary/aromatic N) is 2. The molecule has 0 saturated carbocycles. The van der Waals surface area contributed by atoms with Gasteiger partial charge < -0.3 is 4.90 Å². The quantitative estimate of drug-likeness (QED) is 0.739. The molecular weight excluding hydrogens is 275 g/mol. The molecule has 3 heteroatoms. The maximum atomic E-state index is 4.42. The van der Waals surface area contributed by atoms with Crippen LogP contribution in [0.1, 0.15) is 19.3 Å². The van der Waals surface area contributed by atoms with Crippen LogP contribution in [0.25, 0.3) is 0 Å². The van der Waals surface area contributed by atoms with Gasteiger partial charge in [0, 0.05) is 22.9 Å².